The monoisotopic (exact) mass is 203 g/mol. The number of likely N-dealkylation sites (N-methyl/N-ethyl adjacent to an activating group) is 1. The van der Waals surface area contributed by atoms with Gasteiger partial charge < -0.3 is 4.90 Å². The number of aromatic nitrogens is 1. The number of nitrogens with zero attached hydrogens (tertiary/aromatic N) is 3. The maximum Gasteiger partial charge on any atom is 0.0622 e. The molecular formula is C12H17N3. The second-order valence-electron chi connectivity index (χ2n) is 3.68. The van der Waals surface area contributed by atoms with Gasteiger partial charge in [0.05, 0.1) is 6.07 Å². The lowest BCUT2D eigenvalue weighted by Crippen LogP contribution is -2.22. The van der Waals surface area contributed by atoms with E-state index >= 15 is 0 Å². The second-order valence-corrected chi connectivity index (χ2v) is 3.68. The molecule has 3 heteroatoms. The molecule has 0 N–H and O–H groups in total. The minimum Gasteiger partial charge on any atom is -0.306 e. The number of unbranched alkanes of at least 4 members (excludes halogenated alkanes) is 1. The molecule has 0 spiro atoms. The van der Waals surface area contributed by atoms with Crippen molar-refractivity contribution in [3.63, 3.8) is 0 Å². The van der Waals surface area contributed by atoms with Gasteiger partial charge in [0, 0.05) is 25.4 Å². The summed E-state index contributed by atoms with van der Waals surface area (Å²) >= 11 is 0. The molecule has 0 atom stereocenters. The zero-order chi connectivity index (χ0) is 10.9. The molecule has 0 aliphatic heterocycles. The highest BCUT2D eigenvalue weighted by molar-refractivity contribution is 5.08. The summed E-state index contributed by atoms with van der Waals surface area (Å²) in [6.07, 6.45) is 6.33. The molecule has 1 aromatic heterocycles. The van der Waals surface area contributed by atoms with Gasteiger partial charge in [0.25, 0.3) is 0 Å². The van der Waals surface area contributed by atoms with Gasteiger partial charge in [-0.15, -0.1) is 0 Å². The standard InChI is InChI=1S/C12H17N3/c1-15(9-3-2-7-13)10-6-12-5-4-8-14-11-12/h4-5,8,11H,2-3,6,9-10H2,1H3. The molecule has 0 bridgehead atoms. The zero-order valence-electron chi connectivity index (χ0n) is 9.19. The van der Waals surface area contributed by atoms with Crippen LogP contribution >= 0.6 is 0 Å². The number of rotatable bonds is 6. The molecule has 0 saturated carbocycles. The van der Waals surface area contributed by atoms with Crippen LogP contribution in [0.15, 0.2) is 24.5 Å². The van der Waals surface area contributed by atoms with Crippen molar-refractivity contribution in [3.8, 4) is 6.07 Å². The van der Waals surface area contributed by atoms with Gasteiger partial charge in [0.1, 0.15) is 0 Å². The van der Waals surface area contributed by atoms with Crippen LogP contribution in [0.25, 0.3) is 0 Å². The van der Waals surface area contributed by atoms with Gasteiger partial charge in [-0.05, 0) is 38.1 Å². The Morgan fingerprint density at radius 3 is 3.00 bits per heavy atom. The van der Waals surface area contributed by atoms with E-state index in [0.717, 1.165) is 25.9 Å². The fraction of sp³-hybridized carbons (Fsp3) is 0.500. The summed E-state index contributed by atoms with van der Waals surface area (Å²) in [4.78, 5) is 6.33. The quantitative estimate of drug-likeness (QED) is 0.662. The molecule has 0 aliphatic rings. The Morgan fingerprint density at radius 1 is 1.47 bits per heavy atom. The van der Waals surface area contributed by atoms with E-state index in [4.69, 9.17) is 5.26 Å². The van der Waals surface area contributed by atoms with Gasteiger partial charge >= 0.3 is 0 Å². The average Bonchev–Trinajstić information content (AvgIpc) is 2.28. The van der Waals surface area contributed by atoms with E-state index < -0.39 is 0 Å². The van der Waals surface area contributed by atoms with E-state index in [-0.39, 0.29) is 0 Å². The second kappa shape index (κ2) is 6.97. The summed E-state index contributed by atoms with van der Waals surface area (Å²) in [6, 6.07) is 6.22. The summed E-state index contributed by atoms with van der Waals surface area (Å²) < 4.78 is 0. The average molecular weight is 203 g/mol. The Kier molecular flexibility index (Phi) is 5.42. The van der Waals surface area contributed by atoms with Crippen LogP contribution in [0.5, 0.6) is 0 Å². The van der Waals surface area contributed by atoms with Crippen LogP contribution in [0.3, 0.4) is 0 Å². The topological polar surface area (TPSA) is 39.9 Å². The third-order valence-electron chi connectivity index (χ3n) is 2.33. The van der Waals surface area contributed by atoms with Crippen molar-refractivity contribution in [1.29, 1.82) is 5.26 Å². The molecule has 1 aromatic rings. The molecule has 0 fully saturated rings. The first-order valence-corrected chi connectivity index (χ1v) is 5.27. The zero-order valence-corrected chi connectivity index (χ0v) is 9.19. The normalized spacial score (nSPS) is 10.2. The van der Waals surface area contributed by atoms with Crippen molar-refractivity contribution in [2.45, 2.75) is 19.3 Å². The lowest BCUT2D eigenvalue weighted by Gasteiger charge is -2.15. The van der Waals surface area contributed by atoms with Crippen molar-refractivity contribution in [2.24, 2.45) is 0 Å². The highest BCUT2D eigenvalue weighted by Gasteiger charge is 1.98. The minimum absolute atomic E-state index is 0.650. The molecule has 0 amide bonds. The molecular weight excluding hydrogens is 186 g/mol. The van der Waals surface area contributed by atoms with E-state index in [1.165, 1.54) is 5.56 Å². The van der Waals surface area contributed by atoms with Crippen LogP contribution in [-0.4, -0.2) is 30.0 Å². The lowest BCUT2D eigenvalue weighted by atomic mass is 10.2. The lowest BCUT2D eigenvalue weighted by molar-refractivity contribution is 0.335. The number of hydrogen-bond donors (Lipinski definition) is 0. The third-order valence-corrected chi connectivity index (χ3v) is 2.33. The van der Waals surface area contributed by atoms with Crippen LogP contribution in [0.1, 0.15) is 18.4 Å². The van der Waals surface area contributed by atoms with Crippen molar-refractivity contribution >= 4 is 0 Å². The smallest absolute Gasteiger partial charge is 0.0622 e. The Bertz CT molecular complexity index is 302. The summed E-state index contributed by atoms with van der Waals surface area (Å²) in [5, 5.41) is 8.41. The molecule has 1 heterocycles. The molecule has 0 aliphatic carbocycles. The fourth-order valence-electron chi connectivity index (χ4n) is 1.41. The maximum atomic E-state index is 8.41. The Labute approximate surface area is 91.4 Å². The van der Waals surface area contributed by atoms with E-state index in [9.17, 15) is 0 Å². The molecule has 1 rings (SSSR count). The van der Waals surface area contributed by atoms with Gasteiger partial charge in [-0.3, -0.25) is 4.98 Å². The number of pyridine rings is 1. The number of hydrogen-bond acceptors (Lipinski definition) is 3. The van der Waals surface area contributed by atoms with Gasteiger partial charge in [-0.1, -0.05) is 6.07 Å². The summed E-state index contributed by atoms with van der Waals surface area (Å²) in [5.41, 5.74) is 1.27. The molecule has 0 radical (unpaired) electrons. The van der Waals surface area contributed by atoms with Crippen molar-refractivity contribution in [3.05, 3.63) is 30.1 Å². The maximum absolute atomic E-state index is 8.41. The van der Waals surface area contributed by atoms with E-state index in [1.807, 2.05) is 12.3 Å². The first-order chi connectivity index (χ1) is 7.33. The Hall–Kier alpha value is -1.40. The highest BCUT2D eigenvalue weighted by atomic mass is 15.1. The van der Waals surface area contributed by atoms with E-state index in [0.29, 0.717) is 6.42 Å². The molecule has 0 aromatic carbocycles. The van der Waals surface area contributed by atoms with Gasteiger partial charge in [0.15, 0.2) is 0 Å². The Morgan fingerprint density at radius 2 is 2.33 bits per heavy atom. The summed E-state index contributed by atoms with van der Waals surface area (Å²) in [5.74, 6) is 0. The van der Waals surface area contributed by atoms with Crippen molar-refractivity contribution in [1.82, 2.24) is 9.88 Å². The third kappa shape index (κ3) is 5.14. The molecule has 15 heavy (non-hydrogen) atoms. The number of nitriles is 1. The van der Waals surface area contributed by atoms with Crippen LogP contribution in [0.4, 0.5) is 0 Å². The molecule has 0 unspecified atom stereocenters. The first kappa shape index (κ1) is 11.7. The minimum atomic E-state index is 0.650. The van der Waals surface area contributed by atoms with Crippen LogP contribution in [0.2, 0.25) is 0 Å². The van der Waals surface area contributed by atoms with E-state index in [1.54, 1.807) is 6.20 Å². The van der Waals surface area contributed by atoms with E-state index in [2.05, 4.69) is 29.1 Å². The van der Waals surface area contributed by atoms with Gasteiger partial charge in [-0.25, -0.2) is 0 Å². The van der Waals surface area contributed by atoms with Gasteiger partial charge in [-0.2, -0.15) is 5.26 Å². The summed E-state index contributed by atoms with van der Waals surface area (Å²) in [7, 11) is 2.09. The highest BCUT2D eigenvalue weighted by Crippen LogP contribution is 1.99. The van der Waals surface area contributed by atoms with Crippen LogP contribution in [-0.2, 0) is 6.42 Å². The molecule has 0 saturated heterocycles. The van der Waals surface area contributed by atoms with Crippen LogP contribution in [0, 0.1) is 11.3 Å². The largest absolute Gasteiger partial charge is 0.306 e. The SMILES string of the molecule is CN(CCCC#N)CCc1cccnc1. The van der Waals surface area contributed by atoms with Crippen molar-refractivity contribution < 1.29 is 0 Å². The van der Waals surface area contributed by atoms with Crippen molar-refractivity contribution in [2.75, 3.05) is 20.1 Å². The summed E-state index contributed by atoms with van der Waals surface area (Å²) in [6.45, 7) is 2.02. The predicted octanol–water partition coefficient (Wildman–Crippen LogP) is 1.86. The molecule has 80 valence electrons. The first-order valence-electron chi connectivity index (χ1n) is 5.27. The fourth-order valence-corrected chi connectivity index (χ4v) is 1.41. The van der Waals surface area contributed by atoms with Crippen LogP contribution < -0.4 is 0 Å². The molecule has 3 nitrogen and oxygen atoms in total. The Balaban J connectivity index is 2.17. The van der Waals surface area contributed by atoms with Gasteiger partial charge in [0.2, 0.25) is 0 Å². The predicted molar refractivity (Wildman–Crippen MR) is 60.3 cm³/mol.